The summed E-state index contributed by atoms with van der Waals surface area (Å²) >= 11 is 0. The maximum atomic E-state index is 9.51. The summed E-state index contributed by atoms with van der Waals surface area (Å²) in [5, 5.41) is 26.4. The Morgan fingerprint density at radius 3 is 2.90 bits per heavy atom. The average Bonchev–Trinajstić information content (AvgIpc) is 2.99. The Morgan fingerprint density at radius 1 is 1.48 bits per heavy atom. The Labute approximate surface area is 170 Å². The Bertz CT molecular complexity index is 979. The first kappa shape index (κ1) is 20.6. The number of nitriles is 1. The Hall–Kier alpha value is -3.12. The van der Waals surface area contributed by atoms with Gasteiger partial charge in [-0.05, 0) is 38.2 Å². The normalized spacial score (nSPS) is 19.4. The lowest BCUT2D eigenvalue weighted by molar-refractivity contribution is 0.0472. The number of anilines is 2. The highest BCUT2D eigenvalue weighted by Gasteiger charge is 2.26. The van der Waals surface area contributed by atoms with Gasteiger partial charge in [-0.25, -0.2) is 4.98 Å². The number of aliphatic hydroxyl groups excluding tert-OH is 1. The molecule has 1 aliphatic rings. The summed E-state index contributed by atoms with van der Waals surface area (Å²) < 4.78 is 1.53. The number of aliphatic imine (C=N–C) groups is 1. The van der Waals surface area contributed by atoms with Crippen molar-refractivity contribution in [2.75, 3.05) is 24.1 Å². The summed E-state index contributed by atoms with van der Waals surface area (Å²) in [4.78, 5) is 8.93. The highest BCUT2D eigenvalue weighted by atomic mass is 16.3. The molecule has 9 nitrogen and oxygen atoms in total. The van der Waals surface area contributed by atoms with E-state index in [1.807, 2.05) is 13.8 Å². The van der Waals surface area contributed by atoms with Crippen LogP contribution in [0.2, 0.25) is 0 Å². The molecule has 2 aromatic rings. The highest BCUT2D eigenvalue weighted by Crippen LogP contribution is 2.27. The number of aryl methyl sites for hydroxylation is 2. The van der Waals surface area contributed by atoms with E-state index < -0.39 is 0 Å². The Kier molecular flexibility index (Phi) is 6.34. The quantitative estimate of drug-likeness (QED) is 0.494. The van der Waals surface area contributed by atoms with Crippen molar-refractivity contribution in [3.05, 3.63) is 28.6 Å². The van der Waals surface area contributed by atoms with E-state index in [0.29, 0.717) is 36.0 Å². The van der Waals surface area contributed by atoms with E-state index in [0.717, 1.165) is 37.1 Å². The molecule has 0 unspecified atom stereocenters. The molecule has 0 radical (unpaired) electrons. The number of nitrogens with two attached hydrogens (primary N) is 2. The van der Waals surface area contributed by atoms with Gasteiger partial charge in [-0.1, -0.05) is 6.92 Å². The van der Waals surface area contributed by atoms with Gasteiger partial charge in [0.1, 0.15) is 23.3 Å². The maximum Gasteiger partial charge on any atom is 0.163 e. The van der Waals surface area contributed by atoms with Crippen molar-refractivity contribution in [2.45, 2.75) is 45.6 Å². The van der Waals surface area contributed by atoms with E-state index in [1.54, 1.807) is 12.3 Å². The number of aromatic nitrogens is 3. The van der Waals surface area contributed by atoms with Crippen molar-refractivity contribution < 1.29 is 5.11 Å². The molecule has 1 saturated carbocycles. The van der Waals surface area contributed by atoms with Gasteiger partial charge in [0.25, 0.3) is 0 Å². The molecule has 0 bridgehead atoms. The molecule has 0 amide bonds. The van der Waals surface area contributed by atoms with Crippen LogP contribution in [0.1, 0.15) is 43.0 Å². The molecule has 29 heavy (non-hydrogen) atoms. The van der Waals surface area contributed by atoms with Crippen LogP contribution in [0.3, 0.4) is 0 Å². The van der Waals surface area contributed by atoms with E-state index in [2.05, 4.69) is 26.5 Å². The minimum Gasteiger partial charge on any atom is -0.402 e. The first-order valence-electron chi connectivity index (χ1n) is 9.88. The third-order valence-electron chi connectivity index (χ3n) is 5.24. The van der Waals surface area contributed by atoms with Crippen molar-refractivity contribution in [2.24, 2.45) is 16.6 Å². The number of hydrogen-bond donors (Lipinski definition) is 4. The van der Waals surface area contributed by atoms with Gasteiger partial charge >= 0.3 is 0 Å². The molecule has 154 valence electrons. The molecule has 6 N–H and O–H groups in total. The van der Waals surface area contributed by atoms with Crippen LogP contribution >= 0.6 is 0 Å². The Morgan fingerprint density at radius 2 is 2.24 bits per heavy atom. The number of nitrogens with zero attached hydrogens (tertiary/aromatic N) is 5. The topological polar surface area (TPSA) is 151 Å². The first-order valence-corrected chi connectivity index (χ1v) is 9.88. The molecule has 9 heteroatoms. The zero-order valence-electron chi connectivity index (χ0n) is 16.9. The van der Waals surface area contributed by atoms with Crippen LogP contribution in [0.5, 0.6) is 0 Å². The number of hydrogen-bond acceptors (Lipinski definition) is 8. The lowest BCUT2D eigenvalue weighted by Crippen LogP contribution is -2.30. The minimum atomic E-state index is -0.151. The van der Waals surface area contributed by atoms with Crippen molar-refractivity contribution in [1.29, 1.82) is 5.26 Å². The molecule has 0 spiro atoms. The van der Waals surface area contributed by atoms with Gasteiger partial charge in [-0.2, -0.15) is 14.9 Å². The van der Waals surface area contributed by atoms with Gasteiger partial charge in [0.05, 0.1) is 11.8 Å². The second-order valence-electron chi connectivity index (χ2n) is 7.41. The zero-order valence-corrected chi connectivity index (χ0v) is 16.9. The van der Waals surface area contributed by atoms with Crippen molar-refractivity contribution in [1.82, 2.24) is 14.6 Å². The predicted molar refractivity (Wildman–Crippen MR) is 114 cm³/mol. The largest absolute Gasteiger partial charge is 0.402 e. The molecule has 1 fully saturated rings. The summed E-state index contributed by atoms with van der Waals surface area (Å²) in [5.74, 6) is 1.20. The van der Waals surface area contributed by atoms with Gasteiger partial charge in [-0.3, -0.25) is 4.99 Å². The molecule has 2 aromatic heterocycles. The van der Waals surface area contributed by atoms with E-state index >= 15 is 0 Å². The third kappa shape index (κ3) is 4.49. The lowest BCUT2D eigenvalue weighted by atomic mass is 9.83. The standard InChI is InChI=1S/C20H28N8O/c1-3-16-12(2)27-28-18(23)17(10-21)19(26-20(16)28)25-7-5-14(22)4-6-24-11-13-8-15(29)9-13/h4,6,13,15,29H,3,5,7-9,11,22-23H2,1-2H3,(H,25,26)/b14-4-,24-6?. The summed E-state index contributed by atoms with van der Waals surface area (Å²) in [5.41, 5.74) is 15.7. The number of aliphatic hydroxyl groups is 1. The molecule has 0 saturated heterocycles. The van der Waals surface area contributed by atoms with Crippen LogP contribution in [-0.4, -0.2) is 45.1 Å². The SMILES string of the molecule is CCc1c(C)nn2c(N)c(C#N)c(NCC/C(N)=C/C=NCC3CC(O)C3)nc12. The molecule has 0 atom stereocenters. The number of fused-ring (bicyclic) bond motifs is 1. The lowest BCUT2D eigenvalue weighted by Gasteiger charge is -2.29. The summed E-state index contributed by atoms with van der Waals surface area (Å²) in [6, 6.07) is 2.11. The average molecular weight is 396 g/mol. The fourth-order valence-electron chi connectivity index (χ4n) is 3.49. The fourth-order valence-corrected chi connectivity index (χ4v) is 3.49. The molecule has 3 rings (SSSR count). The smallest absolute Gasteiger partial charge is 0.163 e. The Balaban J connectivity index is 1.63. The van der Waals surface area contributed by atoms with E-state index in [1.165, 1.54) is 4.52 Å². The van der Waals surface area contributed by atoms with E-state index in [9.17, 15) is 10.4 Å². The van der Waals surface area contributed by atoms with Crippen LogP contribution < -0.4 is 16.8 Å². The number of rotatable bonds is 8. The van der Waals surface area contributed by atoms with E-state index in [4.69, 9.17) is 11.5 Å². The molecule has 0 aliphatic heterocycles. The second kappa shape index (κ2) is 8.92. The molecule has 1 aliphatic carbocycles. The maximum absolute atomic E-state index is 9.51. The highest BCUT2D eigenvalue weighted by molar-refractivity contribution is 5.72. The fraction of sp³-hybridized carbons (Fsp3) is 0.500. The summed E-state index contributed by atoms with van der Waals surface area (Å²) in [6.45, 7) is 5.18. The summed E-state index contributed by atoms with van der Waals surface area (Å²) in [7, 11) is 0. The first-order chi connectivity index (χ1) is 13.9. The van der Waals surface area contributed by atoms with Gasteiger partial charge < -0.3 is 21.9 Å². The van der Waals surface area contributed by atoms with Crippen LogP contribution in [0.15, 0.2) is 16.8 Å². The molecule has 0 aromatic carbocycles. The van der Waals surface area contributed by atoms with Crippen molar-refractivity contribution in [3.8, 4) is 6.07 Å². The molecular formula is C20H28N8O. The zero-order chi connectivity index (χ0) is 21.0. The van der Waals surface area contributed by atoms with Gasteiger partial charge in [0.2, 0.25) is 0 Å². The molecule has 2 heterocycles. The number of nitrogen functional groups attached to an aromatic ring is 1. The van der Waals surface area contributed by atoms with Crippen LogP contribution in [-0.2, 0) is 6.42 Å². The van der Waals surface area contributed by atoms with Crippen LogP contribution in [0.25, 0.3) is 5.65 Å². The van der Waals surface area contributed by atoms with Crippen molar-refractivity contribution in [3.63, 3.8) is 0 Å². The summed E-state index contributed by atoms with van der Waals surface area (Å²) in [6.07, 6.45) is 6.36. The van der Waals surface area contributed by atoms with Gasteiger partial charge in [0, 0.05) is 37.0 Å². The minimum absolute atomic E-state index is 0.151. The monoisotopic (exact) mass is 396 g/mol. The van der Waals surface area contributed by atoms with E-state index in [-0.39, 0.29) is 17.5 Å². The van der Waals surface area contributed by atoms with Crippen LogP contribution in [0.4, 0.5) is 11.6 Å². The third-order valence-corrected chi connectivity index (χ3v) is 5.24. The number of allylic oxidation sites excluding steroid dienone is 1. The van der Waals surface area contributed by atoms with Gasteiger partial charge in [-0.15, -0.1) is 0 Å². The second-order valence-corrected chi connectivity index (χ2v) is 7.41. The van der Waals surface area contributed by atoms with Crippen LogP contribution in [0, 0.1) is 24.2 Å². The predicted octanol–water partition coefficient (Wildman–Crippen LogP) is 1.54. The molecular weight excluding hydrogens is 368 g/mol. The number of nitrogens with one attached hydrogen (secondary N) is 1. The van der Waals surface area contributed by atoms with Crippen molar-refractivity contribution >= 4 is 23.5 Å². The van der Waals surface area contributed by atoms with Gasteiger partial charge in [0.15, 0.2) is 5.65 Å².